The van der Waals surface area contributed by atoms with Crippen LogP contribution in [0, 0.1) is 5.92 Å². The summed E-state index contributed by atoms with van der Waals surface area (Å²) in [5, 5.41) is 3.92. The monoisotopic (exact) mass is 270 g/mol. The number of aromatic nitrogens is 2. The van der Waals surface area contributed by atoms with Crippen molar-refractivity contribution >= 4 is 15.8 Å². The van der Waals surface area contributed by atoms with Gasteiger partial charge in [-0.05, 0) is 31.6 Å². The van der Waals surface area contributed by atoms with Crippen LogP contribution in [-0.4, -0.2) is 35.1 Å². The fourth-order valence-electron chi connectivity index (χ4n) is 2.17. The van der Waals surface area contributed by atoms with Gasteiger partial charge >= 0.3 is 0 Å². The molecule has 2 fully saturated rings. The molecular weight excluding hydrogens is 252 g/mol. The second-order valence-corrected chi connectivity index (χ2v) is 7.16. The first kappa shape index (κ1) is 12.0. The molecule has 0 amide bonds. The number of sulfonamides is 1. The molecule has 1 aromatic rings. The summed E-state index contributed by atoms with van der Waals surface area (Å²) in [7, 11) is -1.80. The molecule has 2 saturated carbocycles. The number of hydrogen-bond acceptors (Lipinski definition) is 4. The summed E-state index contributed by atoms with van der Waals surface area (Å²) in [5.41, 5.74) is 5.69. The van der Waals surface area contributed by atoms with Crippen LogP contribution in [0.2, 0.25) is 0 Å². The van der Waals surface area contributed by atoms with Crippen LogP contribution in [0.15, 0.2) is 11.1 Å². The highest BCUT2D eigenvalue weighted by Gasteiger charge is 2.42. The highest BCUT2D eigenvalue weighted by Crippen LogP contribution is 2.38. The minimum Gasteiger partial charge on any atom is -0.381 e. The number of nitrogen functional groups attached to an aromatic ring is 1. The SMILES string of the molecule is Cn1cc(S(=O)(=O)N(CC2CC2)C2CC2)c(N)n1. The Morgan fingerprint density at radius 1 is 1.44 bits per heavy atom. The van der Waals surface area contributed by atoms with Crippen LogP contribution in [0.1, 0.15) is 25.7 Å². The zero-order chi connectivity index (χ0) is 12.9. The van der Waals surface area contributed by atoms with Crippen molar-refractivity contribution in [1.29, 1.82) is 0 Å². The van der Waals surface area contributed by atoms with Crippen molar-refractivity contribution in [2.24, 2.45) is 13.0 Å². The highest BCUT2D eigenvalue weighted by atomic mass is 32.2. The van der Waals surface area contributed by atoms with Gasteiger partial charge in [-0.25, -0.2) is 8.42 Å². The quantitative estimate of drug-likeness (QED) is 0.848. The largest absolute Gasteiger partial charge is 0.381 e. The first-order valence-corrected chi connectivity index (χ1v) is 7.73. The summed E-state index contributed by atoms with van der Waals surface area (Å²) in [6, 6.07) is 0.176. The van der Waals surface area contributed by atoms with E-state index >= 15 is 0 Å². The zero-order valence-corrected chi connectivity index (χ0v) is 11.2. The van der Waals surface area contributed by atoms with Crippen LogP contribution in [0.25, 0.3) is 0 Å². The number of anilines is 1. The van der Waals surface area contributed by atoms with Gasteiger partial charge in [-0.1, -0.05) is 0 Å². The number of nitrogens with zero attached hydrogens (tertiary/aromatic N) is 3. The van der Waals surface area contributed by atoms with Crippen LogP contribution < -0.4 is 5.73 Å². The summed E-state index contributed by atoms with van der Waals surface area (Å²) < 4.78 is 28.3. The molecule has 0 spiro atoms. The molecule has 1 aromatic heterocycles. The van der Waals surface area contributed by atoms with Crippen molar-refractivity contribution in [3.63, 3.8) is 0 Å². The van der Waals surface area contributed by atoms with Gasteiger partial charge in [-0.15, -0.1) is 0 Å². The molecule has 18 heavy (non-hydrogen) atoms. The summed E-state index contributed by atoms with van der Waals surface area (Å²) in [4.78, 5) is 0.151. The summed E-state index contributed by atoms with van der Waals surface area (Å²) >= 11 is 0. The lowest BCUT2D eigenvalue weighted by Crippen LogP contribution is -2.35. The summed E-state index contributed by atoms with van der Waals surface area (Å²) in [5.74, 6) is 0.636. The maximum absolute atomic E-state index is 12.6. The molecule has 0 unspecified atom stereocenters. The Bertz CT molecular complexity index is 558. The number of aryl methyl sites for hydroxylation is 1. The summed E-state index contributed by atoms with van der Waals surface area (Å²) in [6.45, 7) is 0.640. The molecule has 2 N–H and O–H groups in total. The van der Waals surface area contributed by atoms with Gasteiger partial charge < -0.3 is 5.73 Å². The molecule has 7 heteroatoms. The van der Waals surface area contributed by atoms with Crippen LogP contribution in [0.4, 0.5) is 5.82 Å². The smallest absolute Gasteiger partial charge is 0.248 e. The fraction of sp³-hybridized carbons (Fsp3) is 0.727. The first-order chi connectivity index (χ1) is 8.48. The lowest BCUT2D eigenvalue weighted by Gasteiger charge is -2.21. The predicted octanol–water partition coefficient (Wildman–Crippen LogP) is 0.565. The Morgan fingerprint density at radius 2 is 2.11 bits per heavy atom. The Kier molecular flexibility index (Phi) is 2.63. The predicted molar refractivity (Wildman–Crippen MR) is 67.3 cm³/mol. The molecule has 0 saturated heterocycles. The van der Waals surface area contributed by atoms with Crippen molar-refractivity contribution in [3.05, 3.63) is 6.20 Å². The second kappa shape index (κ2) is 3.96. The van der Waals surface area contributed by atoms with E-state index in [0.717, 1.165) is 25.7 Å². The normalized spacial score (nSPS) is 20.6. The van der Waals surface area contributed by atoms with Gasteiger partial charge in [0.1, 0.15) is 4.90 Å². The molecule has 0 bridgehead atoms. The van der Waals surface area contributed by atoms with Crippen molar-refractivity contribution < 1.29 is 8.42 Å². The number of nitrogens with two attached hydrogens (primary N) is 1. The van der Waals surface area contributed by atoms with Crippen LogP contribution in [0.3, 0.4) is 0 Å². The van der Waals surface area contributed by atoms with E-state index in [-0.39, 0.29) is 16.8 Å². The van der Waals surface area contributed by atoms with E-state index in [1.54, 1.807) is 11.4 Å². The van der Waals surface area contributed by atoms with Crippen molar-refractivity contribution in [2.75, 3.05) is 12.3 Å². The molecule has 6 nitrogen and oxygen atoms in total. The molecule has 1 heterocycles. The number of hydrogen-bond donors (Lipinski definition) is 1. The third-order valence-electron chi connectivity index (χ3n) is 3.50. The van der Waals surface area contributed by atoms with Crippen LogP contribution in [-0.2, 0) is 17.1 Å². The second-order valence-electron chi connectivity index (χ2n) is 5.30. The summed E-state index contributed by atoms with van der Waals surface area (Å²) in [6.07, 6.45) is 5.70. The van der Waals surface area contributed by atoms with Crippen molar-refractivity contribution in [2.45, 2.75) is 36.6 Å². The lowest BCUT2D eigenvalue weighted by molar-refractivity contribution is 0.389. The molecular formula is C11H18N4O2S. The van der Waals surface area contributed by atoms with Gasteiger partial charge in [-0.2, -0.15) is 9.40 Å². The zero-order valence-electron chi connectivity index (χ0n) is 10.4. The molecule has 2 aliphatic rings. The van der Waals surface area contributed by atoms with E-state index in [1.807, 2.05) is 0 Å². The maximum Gasteiger partial charge on any atom is 0.248 e. The Labute approximate surface area is 107 Å². The van der Waals surface area contributed by atoms with Gasteiger partial charge in [0, 0.05) is 25.8 Å². The molecule has 2 aliphatic carbocycles. The van der Waals surface area contributed by atoms with E-state index in [9.17, 15) is 8.42 Å². The minimum atomic E-state index is -3.48. The molecule has 0 aliphatic heterocycles. The van der Waals surface area contributed by atoms with Crippen molar-refractivity contribution in [3.8, 4) is 0 Å². The van der Waals surface area contributed by atoms with E-state index in [4.69, 9.17) is 5.73 Å². The molecule has 3 rings (SSSR count). The van der Waals surface area contributed by atoms with Gasteiger partial charge in [0.2, 0.25) is 10.0 Å². The third-order valence-corrected chi connectivity index (χ3v) is 5.43. The van der Waals surface area contributed by atoms with Gasteiger partial charge in [0.15, 0.2) is 5.82 Å². The van der Waals surface area contributed by atoms with Crippen LogP contribution >= 0.6 is 0 Å². The third kappa shape index (κ3) is 2.12. The molecule has 0 aromatic carbocycles. The maximum atomic E-state index is 12.6. The molecule has 0 radical (unpaired) electrons. The van der Waals surface area contributed by atoms with Gasteiger partial charge in [-0.3, -0.25) is 4.68 Å². The molecule has 0 atom stereocenters. The number of rotatable bonds is 5. The van der Waals surface area contributed by atoms with E-state index in [0.29, 0.717) is 12.5 Å². The minimum absolute atomic E-state index is 0.0962. The van der Waals surface area contributed by atoms with Crippen molar-refractivity contribution in [1.82, 2.24) is 14.1 Å². The Hall–Kier alpha value is -1.08. The van der Waals surface area contributed by atoms with Gasteiger partial charge in [0.05, 0.1) is 0 Å². The topological polar surface area (TPSA) is 81.2 Å². The molecule has 100 valence electrons. The van der Waals surface area contributed by atoms with Gasteiger partial charge in [0.25, 0.3) is 0 Å². The van der Waals surface area contributed by atoms with E-state index in [2.05, 4.69) is 5.10 Å². The highest BCUT2D eigenvalue weighted by molar-refractivity contribution is 7.89. The first-order valence-electron chi connectivity index (χ1n) is 6.29. The lowest BCUT2D eigenvalue weighted by atomic mass is 10.4. The average Bonchev–Trinajstić information content (AvgIpc) is 3.15. The van der Waals surface area contributed by atoms with E-state index < -0.39 is 10.0 Å². The van der Waals surface area contributed by atoms with Crippen LogP contribution in [0.5, 0.6) is 0 Å². The van der Waals surface area contributed by atoms with E-state index in [1.165, 1.54) is 10.9 Å². The Morgan fingerprint density at radius 3 is 2.56 bits per heavy atom. The Balaban J connectivity index is 1.93. The average molecular weight is 270 g/mol. The fourth-order valence-corrected chi connectivity index (χ4v) is 4.02. The standard InChI is InChI=1S/C11H18N4O2S/c1-14-7-10(11(12)13-14)18(16,17)15(9-4-5-9)6-8-2-3-8/h7-9H,2-6H2,1H3,(H2,12,13).